The van der Waals surface area contributed by atoms with Gasteiger partial charge < -0.3 is 0 Å². The van der Waals surface area contributed by atoms with Crippen LogP contribution in [0.1, 0.15) is 21.6 Å². The number of alkyl halides is 3. The van der Waals surface area contributed by atoms with Gasteiger partial charge in [0.25, 0.3) is 0 Å². The summed E-state index contributed by atoms with van der Waals surface area (Å²) < 4.78 is 40.3. The number of carbonyl (C=O) groups is 1. The molecule has 2 aromatic rings. The van der Waals surface area contributed by atoms with Crippen molar-refractivity contribution >= 4 is 21.7 Å². The van der Waals surface area contributed by atoms with Crippen molar-refractivity contribution in [2.75, 3.05) is 0 Å². The molecule has 0 aliphatic carbocycles. The summed E-state index contributed by atoms with van der Waals surface area (Å²) in [5.41, 5.74) is -1.25. The number of carbonyl (C=O) groups excluding carboxylic acids is 1. The molecule has 0 N–H and O–H groups in total. The molecule has 0 aliphatic rings. The van der Waals surface area contributed by atoms with Crippen LogP contribution in [0.5, 0.6) is 0 Å². The zero-order valence-electron chi connectivity index (χ0n) is 9.70. The fourth-order valence-electron chi connectivity index (χ4n) is 1.68. The van der Waals surface area contributed by atoms with Gasteiger partial charge >= 0.3 is 6.18 Å². The minimum absolute atomic E-state index is 0.104. The third-order valence-corrected chi connectivity index (χ3v) is 3.08. The second kappa shape index (κ2) is 4.80. The Labute approximate surface area is 115 Å². The van der Waals surface area contributed by atoms with E-state index in [0.717, 1.165) is 12.1 Å². The Bertz CT molecular complexity index is 634. The summed E-state index contributed by atoms with van der Waals surface area (Å²) in [6, 6.07) is 4.83. The topological polar surface area (TPSA) is 34.9 Å². The summed E-state index contributed by atoms with van der Waals surface area (Å²) in [5, 5.41) is 3.78. The van der Waals surface area contributed by atoms with E-state index in [4.69, 9.17) is 0 Å². The van der Waals surface area contributed by atoms with Crippen LogP contribution in [-0.4, -0.2) is 15.6 Å². The van der Waals surface area contributed by atoms with Gasteiger partial charge in [0.2, 0.25) is 5.78 Å². The summed E-state index contributed by atoms with van der Waals surface area (Å²) in [6.07, 6.45) is -3.23. The second-order valence-corrected chi connectivity index (χ2v) is 4.77. The van der Waals surface area contributed by atoms with Gasteiger partial charge in [-0.3, -0.25) is 9.48 Å². The van der Waals surface area contributed by atoms with Crippen molar-refractivity contribution < 1.29 is 18.0 Å². The van der Waals surface area contributed by atoms with Crippen LogP contribution in [0, 0.1) is 0 Å². The number of benzene rings is 1. The zero-order valence-corrected chi connectivity index (χ0v) is 11.3. The number of nitrogens with zero attached hydrogens (tertiary/aromatic N) is 2. The van der Waals surface area contributed by atoms with Gasteiger partial charge in [-0.2, -0.15) is 18.3 Å². The number of aromatic nitrogens is 2. The summed E-state index contributed by atoms with van der Waals surface area (Å²) >= 11 is 2.97. The Morgan fingerprint density at radius 3 is 2.53 bits per heavy atom. The Hall–Kier alpha value is -1.63. The van der Waals surface area contributed by atoms with E-state index in [2.05, 4.69) is 21.0 Å². The average Bonchev–Trinajstić information content (AvgIpc) is 2.73. The number of hydrogen-bond acceptors (Lipinski definition) is 2. The fraction of sp³-hybridized carbons (Fsp3) is 0.167. The van der Waals surface area contributed by atoms with Gasteiger partial charge in [-0.25, -0.2) is 0 Å². The standard InChI is InChI=1S/C12H8BrF3N2O/c1-18-10(4-5-17-18)11(19)8-3-2-7(13)6-9(8)12(14,15)16/h2-6H,1H3. The molecule has 0 atom stereocenters. The number of rotatable bonds is 2. The molecule has 0 amide bonds. The minimum Gasteiger partial charge on any atom is -0.287 e. The molecule has 2 rings (SSSR count). The van der Waals surface area contributed by atoms with E-state index in [1.807, 2.05) is 0 Å². The largest absolute Gasteiger partial charge is 0.417 e. The molecule has 0 spiro atoms. The van der Waals surface area contributed by atoms with Crippen molar-refractivity contribution in [3.8, 4) is 0 Å². The van der Waals surface area contributed by atoms with Crippen molar-refractivity contribution in [3.05, 3.63) is 51.8 Å². The lowest BCUT2D eigenvalue weighted by molar-refractivity contribution is -0.137. The van der Waals surface area contributed by atoms with Crippen LogP contribution in [-0.2, 0) is 13.2 Å². The summed E-state index contributed by atoms with van der Waals surface area (Å²) in [6.45, 7) is 0. The molecule has 1 aromatic carbocycles. The summed E-state index contributed by atoms with van der Waals surface area (Å²) in [7, 11) is 1.50. The van der Waals surface area contributed by atoms with E-state index >= 15 is 0 Å². The molecule has 3 nitrogen and oxygen atoms in total. The molecular formula is C12H8BrF3N2O. The molecule has 100 valence electrons. The molecule has 0 aliphatic heterocycles. The highest BCUT2D eigenvalue weighted by molar-refractivity contribution is 9.10. The smallest absolute Gasteiger partial charge is 0.287 e. The Balaban J connectivity index is 2.57. The van der Waals surface area contributed by atoms with Gasteiger partial charge in [-0.05, 0) is 24.3 Å². The lowest BCUT2D eigenvalue weighted by atomic mass is 10.0. The molecule has 1 aromatic heterocycles. The maximum atomic E-state index is 12.9. The van der Waals surface area contributed by atoms with Crippen LogP contribution >= 0.6 is 15.9 Å². The number of hydrogen-bond donors (Lipinski definition) is 0. The summed E-state index contributed by atoms with van der Waals surface area (Å²) in [5.74, 6) is -0.708. The maximum absolute atomic E-state index is 12.9. The summed E-state index contributed by atoms with van der Waals surface area (Å²) in [4.78, 5) is 12.1. The van der Waals surface area contributed by atoms with Gasteiger partial charge in [0.1, 0.15) is 5.69 Å². The number of halogens is 4. The van der Waals surface area contributed by atoms with Gasteiger partial charge in [0, 0.05) is 23.3 Å². The molecule has 7 heteroatoms. The quantitative estimate of drug-likeness (QED) is 0.790. The highest BCUT2D eigenvalue weighted by Gasteiger charge is 2.36. The SMILES string of the molecule is Cn1nccc1C(=O)c1ccc(Br)cc1C(F)(F)F. The van der Waals surface area contributed by atoms with E-state index in [1.54, 1.807) is 0 Å². The lowest BCUT2D eigenvalue weighted by Gasteiger charge is -2.12. The van der Waals surface area contributed by atoms with Gasteiger partial charge in [0.05, 0.1) is 5.56 Å². The second-order valence-electron chi connectivity index (χ2n) is 3.86. The average molecular weight is 333 g/mol. The Morgan fingerprint density at radius 2 is 2.00 bits per heavy atom. The predicted octanol–water partition coefficient (Wildman–Crippen LogP) is 3.43. The molecule has 0 bridgehead atoms. The van der Waals surface area contributed by atoms with Crippen LogP contribution in [0.4, 0.5) is 13.2 Å². The molecule has 0 saturated heterocycles. The maximum Gasteiger partial charge on any atom is 0.417 e. The molecule has 19 heavy (non-hydrogen) atoms. The minimum atomic E-state index is -4.59. The number of aryl methyl sites for hydroxylation is 1. The molecule has 1 heterocycles. The van der Waals surface area contributed by atoms with Crippen molar-refractivity contribution in [2.45, 2.75) is 6.18 Å². The highest BCUT2D eigenvalue weighted by atomic mass is 79.9. The van der Waals surface area contributed by atoms with Crippen LogP contribution in [0.15, 0.2) is 34.9 Å². The first-order valence-electron chi connectivity index (χ1n) is 5.20. The van der Waals surface area contributed by atoms with Crippen LogP contribution in [0.25, 0.3) is 0 Å². The third kappa shape index (κ3) is 2.70. The monoisotopic (exact) mass is 332 g/mol. The first-order valence-corrected chi connectivity index (χ1v) is 5.99. The van der Waals surface area contributed by atoms with E-state index in [-0.39, 0.29) is 15.7 Å². The normalized spacial score (nSPS) is 11.6. The lowest BCUT2D eigenvalue weighted by Crippen LogP contribution is -2.16. The van der Waals surface area contributed by atoms with Crippen molar-refractivity contribution in [3.63, 3.8) is 0 Å². The molecule has 0 fully saturated rings. The Morgan fingerprint density at radius 1 is 1.32 bits per heavy atom. The molecule has 0 saturated carbocycles. The predicted molar refractivity (Wildman–Crippen MR) is 65.8 cm³/mol. The van der Waals surface area contributed by atoms with Gasteiger partial charge in [-0.15, -0.1) is 0 Å². The zero-order chi connectivity index (χ0) is 14.2. The highest BCUT2D eigenvalue weighted by Crippen LogP contribution is 2.34. The van der Waals surface area contributed by atoms with Gasteiger partial charge in [0.15, 0.2) is 0 Å². The first kappa shape index (κ1) is 13.8. The fourth-order valence-corrected chi connectivity index (χ4v) is 2.04. The molecular weight excluding hydrogens is 325 g/mol. The van der Waals surface area contributed by atoms with E-state index in [9.17, 15) is 18.0 Å². The van der Waals surface area contributed by atoms with Crippen molar-refractivity contribution in [2.24, 2.45) is 7.05 Å². The first-order chi connectivity index (χ1) is 8.80. The van der Waals surface area contributed by atoms with Gasteiger partial charge in [-0.1, -0.05) is 15.9 Å². The van der Waals surface area contributed by atoms with E-state index in [0.29, 0.717) is 0 Å². The van der Waals surface area contributed by atoms with Crippen LogP contribution < -0.4 is 0 Å². The van der Waals surface area contributed by atoms with E-state index in [1.165, 1.54) is 30.1 Å². The van der Waals surface area contributed by atoms with Crippen LogP contribution in [0.2, 0.25) is 0 Å². The van der Waals surface area contributed by atoms with Crippen molar-refractivity contribution in [1.82, 2.24) is 9.78 Å². The van der Waals surface area contributed by atoms with Crippen molar-refractivity contribution in [1.29, 1.82) is 0 Å². The number of ketones is 1. The molecule has 0 unspecified atom stereocenters. The Kier molecular flexibility index (Phi) is 3.49. The third-order valence-electron chi connectivity index (χ3n) is 2.59. The van der Waals surface area contributed by atoms with E-state index < -0.39 is 17.5 Å². The molecule has 0 radical (unpaired) electrons. The van der Waals surface area contributed by atoms with Crippen LogP contribution in [0.3, 0.4) is 0 Å².